The van der Waals surface area contributed by atoms with E-state index in [1.165, 1.54) is 25.3 Å². The summed E-state index contributed by atoms with van der Waals surface area (Å²) in [4.78, 5) is 21.9. The number of rotatable bonds is 9. The van der Waals surface area contributed by atoms with Gasteiger partial charge in [-0.1, -0.05) is 0 Å². The number of ether oxygens (including phenoxy) is 3. The fourth-order valence-corrected chi connectivity index (χ4v) is 1.58. The summed E-state index contributed by atoms with van der Waals surface area (Å²) in [5.74, 6) is -0.552. The Bertz CT molecular complexity index is 492. The van der Waals surface area contributed by atoms with Crippen LogP contribution < -0.4 is 5.32 Å². The van der Waals surface area contributed by atoms with Crippen LogP contribution in [0, 0.1) is 10.1 Å². The van der Waals surface area contributed by atoms with Gasteiger partial charge in [-0.2, -0.15) is 0 Å². The Hall–Kier alpha value is -2.19. The number of hydrogen-bond donors (Lipinski definition) is 1. The van der Waals surface area contributed by atoms with Gasteiger partial charge in [-0.15, -0.1) is 0 Å². The number of nitrogens with zero attached hydrogens (tertiary/aromatic N) is 1. The number of benzene rings is 1. The highest BCUT2D eigenvalue weighted by molar-refractivity contribution is 5.91. The second kappa shape index (κ2) is 8.88. The molecule has 0 saturated carbocycles. The molecule has 0 unspecified atom stereocenters. The fraction of sp³-hybridized carbons (Fsp3) is 0.462. The summed E-state index contributed by atoms with van der Waals surface area (Å²) < 4.78 is 14.7. The molecule has 0 spiro atoms. The predicted octanol–water partition coefficient (Wildman–Crippen LogP) is 1.46. The number of carbonyl (C=O) groups is 1. The summed E-state index contributed by atoms with van der Waals surface area (Å²) in [6.07, 6.45) is 0. The van der Waals surface area contributed by atoms with Crippen molar-refractivity contribution >= 4 is 17.3 Å². The number of esters is 1. The maximum absolute atomic E-state index is 11.4. The van der Waals surface area contributed by atoms with Crippen molar-refractivity contribution in [3.63, 3.8) is 0 Å². The van der Waals surface area contributed by atoms with Crippen molar-refractivity contribution < 1.29 is 23.9 Å². The lowest BCUT2D eigenvalue weighted by molar-refractivity contribution is -0.384. The molecule has 0 aliphatic rings. The van der Waals surface area contributed by atoms with E-state index in [-0.39, 0.29) is 16.9 Å². The van der Waals surface area contributed by atoms with Crippen LogP contribution in [0.2, 0.25) is 0 Å². The number of nitro groups is 1. The van der Waals surface area contributed by atoms with Crippen molar-refractivity contribution in [2.45, 2.75) is 0 Å². The van der Waals surface area contributed by atoms with Crippen LogP contribution in [0.15, 0.2) is 18.2 Å². The molecule has 8 heteroatoms. The molecule has 0 radical (unpaired) electrons. The molecule has 0 fully saturated rings. The minimum atomic E-state index is -0.552. The summed E-state index contributed by atoms with van der Waals surface area (Å²) in [7, 11) is 2.82. The number of nitrogens with one attached hydrogen (secondary N) is 1. The van der Waals surface area contributed by atoms with Crippen molar-refractivity contribution in [1.82, 2.24) is 0 Å². The second-order valence-electron chi connectivity index (χ2n) is 4.01. The first-order valence-corrected chi connectivity index (χ1v) is 6.27. The molecule has 1 N–H and O–H groups in total. The maximum Gasteiger partial charge on any atom is 0.337 e. The molecule has 1 rings (SSSR count). The Balaban J connectivity index is 2.68. The van der Waals surface area contributed by atoms with E-state index in [4.69, 9.17) is 9.47 Å². The average Bonchev–Trinajstić information content (AvgIpc) is 2.49. The molecule has 116 valence electrons. The minimum absolute atomic E-state index is 0.112. The molecule has 8 nitrogen and oxygen atoms in total. The Morgan fingerprint density at radius 3 is 2.67 bits per heavy atom. The van der Waals surface area contributed by atoms with Gasteiger partial charge >= 0.3 is 5.97 Å². The van der Waals surface area contributed by atoms with Crippen molar-refractivity contribution in [1.29, 1.82) is 0 Å². The molecule has 21 heavy (non-hydrogen) atoms. The van der Waals surface area contributed by atoms with Crippen molar-refractivity contribution in [3.8, 4) is 0 Å². The van der Waals surface area contributed by atoms with E-state index in [1.54, 1.807) is 7.11 Å². The molecular formula is C13H18N2O6. The van der Waals surface area contributed by atoms with Gasteiger partial charge in [-0.25, -0.2) is 4.79 Å². The van der Waals surface area contributed by atoms with Gasteiger partial charge in [0, 0.05) is 19.7 Å². The Morgan fingerprint density at radius 2 is 2.05 bits per heavy atom. The third kappa shape index (κ3) is 5.36. The van der Waals surface area contributed by atoms with Crippen LogP contribution in [0.4, 0.5) is 11.4 Å². The first-order valence-electron chi connectivity index (χ1n) is 6.27. The summed E-state index contributed by atoms with van der Waals surface area (Å²) in [5.41, 5.74) is 0.378. The normalized spacial score (nSPS) is 10.2. The number of methoxy groups -OCH3 is 2. The average molecular weight is 298 g/mol. The Morgan fingerprint density at radius 1 is 1.29 bits per heavy atom. The predicted molar refractivity (Wildman–Crippen MR) is 75.6 cm³/mol. The lowest BCUT2D eigenvalue weighted by atomic mass is 10.1. The Kier molecular flexibility index (Phi) is 7.13. The molecule has 1 aromatic rings. The molecule has 0 saturated heterocycles. The van der Waals surface area contributed by atoms with Crippen LogP contribution in [0.3, 0.4) is 0 Å². The zero-order chi connectivity index (χ0) is 15.7. The largest absolute Gasteiger partial charge is 0.465 e. The molecule has 0 aliphatic carbocycles. The SMILES string of the molecule is COCCOCCNc1cc(C(=O)OC)ccc1[N+](=O)[O-]. The highest BCUT2D eigenvalue weighted by Gasteiger charge is 2.16. The van der Waals surface area contributed by atoms with Crippen LogP contribution >= 0.6 is 0 Å². The van der Waals surface area contributed by atoms with Gasteiger partial charge < -0.3 is 19.5 Å². The molecule has 0 atom stereocenters. The number of hydrogen-bond acceptors (Lipinski definition) is 7. The van der Waals surface area contributed by atoms with E-state index in [0.717, 1.165) is 0 Å². The van der Waals surface area contributed by atoms with Crippen LogP contribution in [0.5, 0.6) is 0 Å². The van der Waals surface area contributed by atoms with Crippen molar-refractivity contribution in [3.05, 3.63) is 33.9 Å². The summed E-state index contributed by atoms with van der Waals surface area (Å²) in [6, 6.07) is 4.00. The second-order valence-corrected chi connectivity index (χ2v) is 4.01. The number of carbonyl (C=O) groups excluding carboxylic acids is 1. The van der Waals surface area contributed by atoms with Gasteiger partial charge in [0.25, 0.3) is 5.69 Å². The van der Waals surface area contributed by atoms with Gasteiger partial charge in [-0.05, 0) is 12.1 Å². The van der Waals surface area contributed by atoms with Gasteiger partial charge in [0.15, 0.2) is 0 Å². The van der Waals surface area contributed by atoms with Gasteiger partial charge in [0.05, 0.1) is 37.4 Å². The topological polar surface area (TPSA) is 99.9 Å². The summed E-state index contributed by atoms with van der Waals surface area (Å²) >= 11 is 0. The molecule has 0 aliphatic heterocycles. The highest BCUT2D eigenvalue weighted by Crippen LogP contribution is 2.25. The summed E-state index contributed by atoms with van der Waals surface area (Å²) in [5, 5.41) is 13.8. The lowest BCUT2D eigenvalue weighted by Gasteiger charge is -2.09. The van der Waals surface area contributed by atoms with Crippen LogP contribution in [0.25, 0.3) is 0 Å². The third-order valence-electron chi connectivity index (χ3n) is 2.61. The minimum Gasteiger partial charge on any atom is -0.465 e. The zero-order valence-corrected chi connectivity index (χ0v) is 12.0. The molecule has 0 heterocycles. The number of nitro benzene ring substituents is 1. The quantitative estimate of drug-likeness (QED) is 0.319. The molecular weight excluding hydrogens is 280 g/mol. The van der Waals surface area contributed by atoms with E-state index in [9.17, 15) is 14.9 Å². The Labute approximate surface area is 122 Å². The van der Waals surface area contributed by atoms with Crippen molar-refractivity contribution in [2.75, 3.05) is 45.9 Å². The van der Waals surface area contributed by atoms with E-state index in [1.807, 2.05) is 0 Å². The molecule has 1 aromatic carbocycles. The van der Waals surface area contributed by atoms with Crippen LogP contribution in [0.1, 0.15) is 10.4 Å². The van der Waals surface area contributed by atoms with Crippen molar-refractivity contribution in [2.24, 2.45) is 0 Å². The van der Waals surface area contributed by atoms with E-state index in [2.05, 4.69) is 10.1 Å². The maximum atomic E-state index is 11.4. The van der Waals surface area contributed by atoms with Gasteiger partial charge in [0.1, 0.15) is 5.69 Å². The third-order valence-corrected chi connectivity index (χ3v) is 2.61. The van der Waals surface area contributed by atoms with Crippen LogP contribution in [-0.2, 0) is 14.2 Å². The zero-order valence-electron chi connectivity index (χ0n) is 12.0. The first kappa shape index (κ1) is 16.9. The monoisotopic (exact) mass is 298 g/mol. The lowest BCUT2D eigenvalue weighted by Crippen LogP contribution is -2.13. The highest BCUT2D eigenvalue weighted by atomic mass is 16.6. The van der Waals surface area contributed by atoms with E-state index < -0.39 is 10.9 Å². The van der Waals surface area contributed by atoms with Gasteiger partial charge in [0.2, 0.25) is 0 Å². The van der Waals surface area contributed by atoms with E-state index >= 15 is 0 Å². The molecule has 0 bridgehead atoms. The first-order chi connectivity index (χ1) is 10.1. The van der Waals surface area contributed by atoms with E-state index in [0.29, 0.717) is 26.4 Å². The number of anilines is 1. The molecule has 0 aromatic heterocycles. The molecule has 0 amide bonds. The summed E-state index contributed by atoms with van der Waals surface area (Å²) in [6.45, 7) is 1.67. The smallest absolute Gasteiger partial charge is 0.337 e. The van der Waals surface area contributed by atoms with Crippen LogP contribution in [-0.4, -0.2) is 51.5 Å². The standard InChI is InChI=1S/C13H18N2O6/c1-19-7-8-21-6-5-14-11-9-10(13(16)20-2)3-4-12(11)15(17)18/h3-4,9,14H,5-8H2,1-2H3. The van der Waals surface area contributed by atoms with Gasteiger partial charge in [-0.3, -0.25) is 10.1 Å². The fourth-order valence-electron chi connectivity index (χ4n) is 1.58.